The average molecular weight is 612 g/mol. The van der Waals surface area contributed by atoms with Crippen LogP contribution in [0.1, 0.15) is 51.4 Å². The maximum atomic E-state index is 14.8. The van der Waals surface area contributed by atoms with Crippen molar-refractivity contribution in [1.82, 2.24) is 14.0 Å². The van der Waals surface area contributed by atoms with Gasteiger partial charge in [0.05, 0.1) is 30.6 Å². The molecule has 0 spiro atoms. The number of carbonyl (C=O) groups excluding carboxylic acids is 2. The van der Waals surface area contributed by atoms with Crippen molar-refractivity contribution in [3.8, 4) is 22.8 Å². The quantitative estimate of drug-likeness (QED) is 0.231. The number of amides is 2. The molecular weight excluding hydrogens is 578 g/mol. The predicted octanol–water partition coefficient (Wildman–Crippen LogP) is 7.17. The monoisotopic (exact) mass is 611 g/mol. The van der Waals surface area contributed by atoms with Crippen LogP contribution in [0.3, 0.4) is 0 Å². The maximum Gasteiger partial charge on any atom is 0.264 e. The maximum absolute atomic E-state index is 14.8. The van der Waals surface area contributed by atoms with Gasteiger partial charge in [0.2, 0.25) is 5.82 Å². The van der Waals surface area contributed by atoms with Gasteiger partial charge in [0.25, 0.3) is 11.8 Å². The van der Waals surface area contributed by atoms with E-state index in [1.807, 2.05) is 30.4 Å². The Labute approximate surface area is 261 Å². The van der Waals surface area contributed by atoms with Crippen LogP contribution in [0, 0.1) is 26.3 Å². The summed E-state index contributed by atoms with van der Waals surface area (Å²) in [5, 5.41) is 10.9. The van der Waals surface area contributed by atoms with Gasteiger partial charge in [-0.25, -0.2) is 0 Å². The fourth-order valence-electron chi connectivity index (χ4n) is 6.35. The molecule has 0 saturated carbocycles. The first-order valence-corrected chi connectivity index (χ1v) is 15.1. The van der Waals surface area contributed by atoms with Gasteiger partial charge in [0.1, 0.15) is 17.2 Å². The van der Waals surface area contributed by atoms with Crippen LogP contribution in [-0.2, 0) is 14.1 Å². The minimum absolute atomic E-state index is 0.0123. The number of aromatic nitrogens is 2. The summed E-state index contributed by atoms with van der Waals surface area (Å²) in [6.07, 6.45) is 2.56. The first kappa shape index (κ1) is 29.4. The SMILES string of the molecule is [C-]#[N+]c1cc(N2C(=O)c3cc(n(C)c3C)-c3cc(Cl)ccc3C(=O)N3CCCC(CCOc4cc(O)ccc42)C3)c(C)n1C. The van der Waals surface area contributed by atoms with E-state index in [2.05, 4.69) is 4.85 Å². The number of fused-ring (bicyclic) bond motifs is 7. The molecule has 4 heterocycles. The number of hydrogen-bond acceptors (Lipinski definition) is 4. The number of halogens is 1. The molecular formula is C34H34ClN5O4. The minimum Gasteiger partial charge on any atom is -0.508 e. The van der Waals surface area contributed by atoms with Gasteiger partial charge in [-0.15, -0.1) is 0 Å². The molecule has 1 saturated heterocycles. The number of piperidine rings is 1. The van der Waals surface area contributed by atoms with Crippen LogP contribution in [0.2, 0.25) is 5.02 Å². The van der Waals surface area contributed by atoms with E-state index in [-0.39, 0.29) is 23.5 Å². The van der Waals surface area contributed by atoms with Gasteiger partial charge in [-0.2, -0.15) is 0 Å². The van der Waals surface area contributed by atoms with Crippen LogP contribution in [-0.4, -0.2) is 50.7 Å². The van der Waals surface area contributed by atoms with Gasteiger partial charge in [-0.3, -0.25) is 19.1 Å². The number of anilines is 2. The second kappa shape index (κ2) is 11.4. The Morgan fingerprint density at radius 3 is 2.45 bits per heavy atom. The van der Waals surface area contributed by atoms with Crippen molar-refractivity contribution in [2.45, 2.75) is 33.1 Å². The van der Waals surface area contributed by atoms with Gasteiger partial charge in [0.15, 0.2) is 0 Å². The first-order valence-electron chi connectivity index (χ1n) is 14.7. The van der Waals surface area contributed by atoms with E-state index in [1.165, 1.54) is 12.1 Å². The largest absolute Gasteiger partial charge is 0.508 e. The van der Waals surface area contributed by atoms with E-state index < -0.39 is 0 Å². The Hall–Kier alpha value is -4.68. The molecule has 0 radical (unpaired) electrons. The Balaban J connectivity index is 1.61. The third-order valence-electron chi connectivity index (χ3n) is 9.07. The normalized spacial score (nSPS) is 17.1. The molecule has 9 nitrogen and oxygen atoms in total. The summed E-state index contributed by atoms with van der Waals surface area (Å²) in [6.45, 7) is 13.0. The highest BCUT2D eigenvalue weighted by atomic mass is 35.5. The number of phenolic OH excluding ortho intramolecular Hbond substituents is 1. The van der Waals surface area contributed by atoms with Crippen LogP contribution in [0.5, 0.6) is 11.5 Å². The lowest BCUT2D eigenvalue weighted by molar-refractivity contribution is 0.0658. The van der Waals surface area contributed by atoms with E-state index in [9.17, 15) is 14.7 Å². The Bertz CT molecular complexity index is 1850. The molecule has 226 valence electrons. The van der Waals surface area contributed by atoms with E-state index in [4.69, 9.17) is 22.9 Å². The van der Waals surface area contributed by atoms with Crippen molar-refractivity contribution in [2.75, 3.05) is 24.6 Å². The third kappa shape index (κ3) is 4.99. The molecule has 1 atom stereocenters. The van der Waals surface area contributed by atoms with E-state index >= 15 is 0 Å². The number of rotatable bonds is 1. The fraction of sp³-hybridized carbons (Fsp3) is 0.324. The molecule has 1 N–H and O–H groups in total. The van der Waals surface area contributed by atoms with Crippen molar-refractivity contribution < 1.29 is 19.4 Å². The van der Waals surface area contributed by atoms with Crippen LogP contribution < -0.4 is 9.64 Å². The minimum atomic E-state index is -0.340. The summed E-state index contributed by atoms with van der Waals surface area (Å²) >= 11 is 6.49. The number of ether oxygens (including phenoxy) is 1. The first-order chi connectivity index (χ1) is 21.1. The van der Waals surface area contributed by atoms with Crippen LogP contribution in [0.4, 0.5) is 17.2 Å². The summed E-state index contributed by atoms with van der Waals surface area (Å²) in [7, 11) is 3.66. The van der Waals surface area contributed by atoms with Crippen molar-refractivity contribution in [2.24, 2.45) is 20.0 Å². The number of benzene rings is 2. The van der Waals surface area contributed by atoms with Crippen LogP contribution in [0.25, 0.3) is 16.1 Å². The van der Waals surface area contributed by atoms with E-state index in [0.29, 0.717) is 82.2 Å². The lowest BCUT2D eigenvalue weighted by Gasteiger charge is -2.33. The Morgan fingerprint density at radius 1 is 0.909 bits per heavy atom. The van der Waals surface area contributed by atoms with E-state index in [1.54, 1.807) is 52.9 Å². The van der Waals surface area contributed by atoms with Gasteiger partial charge < -0.3 is 24.2 Å². The second-order valence-electron chi connectivity index (χ2n) is 11.6. The zero-order valence-electron chi connectivity index (χ0n) is 25.2. The smallest absolute Gasteiger partial charge is 0.264 e. The average Bonchev–Trinajstić information content (AvgIpc) is 3.47. The Morgan fingerprint density at radius 2 is 1.70 bits per heavy atom. The zero-order chi connectivity index (χ0) is 31.3. The number of nitrogens with zero attached hydrogens (tertiary/aromatic N) is 5. The summed E-state index contributed by atoms with van der Waals surface area (Å²) in [5.74, 6) is 0.577. The zero-order valence-corrected chi connectivity index (χ0v) is 26.0. The molecule has 2 aliphatic heterocycles. The van der Waals surface area contributed by atoms with Gasteiger partial charge in [-0.05, 0) is 81.5 Å². The highest BCUT2D eigenvalue weighted by Crippen LogP contribution is 2.42. The van der Waals surface area contributed by atoms with Crippen LogP contribution >= 0.6 is 11.6 Å². The van der Waals surface area contributed by atoms with Crippen LogP contribution in [0.15, 0.2) is 48.5 Å². The molecule has 1 unspecified atom stereocenters. The third-order valence-corrected chi connectivity index (χ3v) is 9.30. The molecule has 6 rings (SSSR count). The van der Waals surface area contributed by atoms with Gasteiger partial charge >= 0.3 is 0 Å². The molecule has 2 aromatic heterocycles. The Kier molecular flexibility index (Phi) is 7.64. The lowest BCUT2D eigenvalue weighted by Crippen LogP contribution is -2.40. The predicted molar refractivity (Wildman–Crippen MR) is 170 cm³/mol. The molecule has 2 amide bonds. The molecule has 10 heteroatoms. The molecule has 2 aliphatic rings. The number of carbonyl (C=O) groups is 2. The van der Waals surface area contributed by atoms with Crippen molar-refractivity contribution in [3.63, 3.8) is 0 Å². The lowest BCUT2D eigenvalue weighted by atomic mass is 9.94. The standard InChI is InChI=1S/C34H34ClN5O4/c1-20-26-17-30(37(20)4)27-15-23(35)8-10-25(27)33(42)39-13-6-7-22(19-39)12-14-44-31-16-24(41)9-11-28(31)40(34(26)43)29-18-32(36-3)38(5)21(29)2/h8-11,15-18,22,41H,6-7,12-14,19H2,1-2,4-5H3. The molecule has 2 aromatic carbocycles. The molecule has 4 aromatic rings. The van der Waals surface area contributed by atoms with Gasteiger partial charge in [-0.1, -0.05) is 18.2 Å². The topological polar surface area (TPSA) is 84.3 Å². The molecule has 0 aliphatic carbocycles. The highest BCUT2D eigenvalue weighted by Gasteiger charge is 2.32. The molecule has 1 fully saturated rings. The van der Waals surface area contributed by atoms with Gasteiger partial charge in [0, 0.05) is 53.7 Å². The summed E-state index contributed by atoms with van der Waals surface area (Å²) < 4.78 is 9.96. The van der Waals surface area contributed by atoms with Crippen molar-refractivity contribution in [3.05, 3.63) is 87.5 Å². The summed E-state index contributed by atoms with van der Waals surface area (Å²) in [5.41, 5.74) is 4.70. The number of phenols is 1. The van der Waals surface area contributed by atoms with Crippen molar-refractivity contribution >= 4 is 40.6 Å². The second-order valence-corrected chi connectivity index (χ2v) is 12.0. The molecule has 4 bridgehead atoms. The number of hydrogen-bond donors (Lipinski definition) is 1. The van der Waals surface area contributed by atoms with E-state index in [0.717, 1.165) is 18.5 Å². The summed E-state index contributed by atoms with van der Waals surface area (Å²) in [4.78, 5) is 35.9. The van der Waals surface area contributed by atoms with Crippen molar-refractivity contribution in [1.29, 1.82) is 0 Å². The highest BCUT2D eigenvalue weighted by molar-refractivity contribution is 6.31. The summed E-state index contributed by atoms with van der Waals surface area (Å²) in [6, 6.07) is 13.5. The number of aromatic hydroxyl groups is 1. The molecule has 44 heavy (non-hydrogen) atoms. The fourth-order valence-corrected chi connectivity index (χ4v) is 6.53.